The van der Waals surface area contributed by atoms with Crippen LogP contribution in [-0.2, 0) is 0 Å². The summed E-state index contributed by atoms with van der Waals surface area (Å²) in [5.41, 5.74) is 1.48. The van der Waals surface area contributed by atoms with Crippen LogP contribution < -0.4 is 4.74 Å². The lowest BCUT2D eigenvalue weighted by molar-refractivity contribution is -0.0444. The lowest BCUT2D eigenvalue weighted by Gasteiger charge is -2.50. The van der Waals surface area contributed by atoms with Gasteiger partial charge in [0.25, 0.3) is 0 Å². The van der Waals surface area contributed by atoms with Gasteiger partial charge in [0, 0.05) is 24.2 Å². The molecule has 4 heterocycles. The van der Waals surface area contributed by atoms with Gasteiger partial charge < -0.3 is 9.84 Å². The quantitative estimate of drug-likeness (QED) is 0.876. The fourth-order valence-corrected chi connectivity index (χ4v) is 4.38. The van der Waals surface area contributed by atoms with E-state index in [2.05, 4.69) is 16.5 Å². The summed E-state index contributed by atoms with van der Waals surface area (Å²) >= 11 is 0. The third-order valence-corrected chi connectivity index (χ3v) is 5.70. The van der Waals surface area contributed by atoms with Gasteiger partial charge in [0.05, 0.1) is 22.8 Å². The molecule has 1 aromatic carbocycles. The second-order valence-corrected chi connectivity index (χ2v) is 6.87. The van der Waals surface area contributed by atoms with Gasteiger partial charge in [-0.3, -0.25) is 9.88 Å². The predicted molar refractivity (Wildman–Crippen MR) is 95.0 cm³/mol. The summed E-state index contributed by atoms with van der Waals surface area (Å²) in [7, 11) is -2.51. The van der Waals surface area contributed by atoms with Crippen molar-refractivity contribution in [3.05, 3.63) is 48.7 Å². The number of methoxy groups -OCH3 is 1. The van der Waals surface area contributed by atoms with E-state index in [0.29, 0.717) is 17.4 Å². The Morgan fingerprint density at radius 2 is 2.42 bits per heavy atom. The number of benzene rings is 1. The van der Waals surface area contributed by atoms with Gasteiger partial charge in [-0.15, -0.1) is 6.58 Å². The number of aliphatic hydroxyl groups is 1. The molecule has 1 aromatic heterocycles. The monoisotopic (exact) mass is 327 g/mol. The molecule has 1 N–H and O–H groups in total. The molecule has 5 atom stereocenters. The highest BCUT2D eigenvalue weighted by molar-refractivity contribution is 5.83. The van der Waals surface area contributed by atoms with Gasteiger partial charge >= 0.3 is 0 Å². The first-order chi connectivity index (χ1) is 12.9. The Hall–Kier alpha value is -1.91. The smallest absolute Gasteiger partial charge is 0.119 e. The van der Waals surface area contributed by atoms with Crippen LogP contribution in [0.3, 0.4) is 0 Å². The Balaban J connectivity index is 1.66. The molecule has 0 aliphatic carbocycles. The number of hydrogen-bond acceptors (Lipinski definition) is 4. The average Bonchev–Trinajstić information content (AvgIpc) is 2.65. The van der Waals surface area contributed by atoms with E-state index < -0.39 is 13.1 Å². The first-order valence-corrected chi connectivity index (χ1v) is 8.48. The zero-order valence-electron chi connectivity index (χ0n) is 16.6. The zero-order chi connectivity index (χ0) is 19.2. The van der Waals surface area contributed by atoms with Crippen molar-refractivity contribution in [2.75, 3.05) is 20.1 Å². The second-order valence-electron chi connectivity index (χ2n) is 6.87. The number of pyridine rings is 1. The highest BCUT2D eigenvalue weighted by atomic mass is 16.5. The van der Waals surface area contributed by atoms with E-state index in [-0.39, 0.29) is 11.8 Å². The molecule has 0 radical (unpaired) electrons. The van der Waals surface area contributed by atoms with Gasteiger partial charge in [-0.1, -0.05) is 6.08 Å². The number of aliphatic hydroxyl groups excluding tert-OH is 1. The molecule has 0 spiro atoms. The highest BCUT2D eigenvalue weighted by Gasteiger charge is 2.42. The average molecular weight is 327 g/mol. The Bertz CT molecular complexity index is 855. The molecule has 3 aliphatic heterocycles. The summed E-state index contributed by atoms with van der Waals surface area (Å²) in [5.74, 6) is 1.31. The van der Waals surface area contributed by atoms with Crippen LogP contribution in [0.1, 0.15) is 28.6 Å². The fraction of sp³-hybridized carbons (Fsp3) is 0.450. The van der Waals surface area contributed by atoms with Crippen molar-refractivity contribution in [1.82, 2.24) is 9.88 Å². The SMILES string of the molecule is [2H]C([2H])([2H])Oc1ccc2nccc([C@H](O)[C@H]3CC4CCN3C[C@@H]4C=C)c2c1. The first kappa shape index (κ1) is 12.5. The molecule has 2 unspecified atom stereocenters. The molecule has 126 valence electrons. The summed E-state index contributed by atoms with van der Waals surface area (Å²) in [6, 6.07) is 6.86. The molecule has 0 amide bonds. The Morgan fingerprint density at radius 1 is 1.50 bits per heavy atom. The Morgan fingerprint density at radius 3 is 3.17 bits per heavy atom. The summed E-state index contributed by atoms with van der Waals surface area (Å²) in [6.07, 6.45) is 5.15. The number of ether oxygens (including phenoxy) is 1. The topological polar surface area (TPSA) is 45.6 Å². The van der Waals surface area contributed by atoms with Gasteiger partial charge in [0.2, 0.25) is 0 Å². The maximum absolute atomic E-state index is 11.2. The summed E-state index contributed by atoms with van der Waals surface area (Å²) in [5, 5.41) is 11.9. The Labute approximate surface area is 147 Å². The van der Waals surface area contributed by atoms with Gasteiger partial charge in [-0.05, 0) is 61.1 Å². The molecule has 5 rings (SSSR count). The molecular weight excluding hydrogens is 300 g/mol. The summed E-state index contributed by atoms with van der Waals surface area (Å²) < 4.78 is 26.9. The molecule has 24 heavy (non-hydrogen) atoms. The van der Waals surface area contributed by atoms with Crippen LogP contribution in [0.25, 0.3) is 10.9 Å². The number of hydrogen-bond donors (Lipinski definition) is 1. The Kier molecular flexibility index (Phi) is 3.21. The zero-order valence-corrected chi connectivity index (χ0v) is 13.6. The van der Waals surface area contributed by atoms with Crippen LogP contribution in [0.2, 0.25) is 0 Å². The van der Waals surface area contributed by atoms with E-state index in [1.54, 1.807) is 24.4 Å². The van der Waals surface area contributed by atoms with E-state index in [1.807, 2.05) is 12.1 Å². The van der Waals surface area contributed by atoms with Crippen molar-refractivity contribution in [2.24, 2.45) is 11.8 Å². The largest absolute Gasteiger partial charge is 0.497 e. The number of aromatic nitrogens is 1. The molecular formula is C20H24N2O2. The van der Waals surface area contributed by atoms with Crippen molar-refractivity contribution in [2.45, 2.75) is 25.0 Å². The van der Waals surface area contributed by atoms with Crippen molar-refractivity contribution in [3.8, 4) is 5.75 Å². The van der Waals surface area contributed by atoms with Gasteiger partial charge in [0.15, 0.2) is 0 Å². The molecule has 3 fully saturated rings. The maximum Gasteiger partial charge on any atom is 0.119 e. The van der Waals surface area contributed by atoms with Gasteiger partial charge in [0.1, 0.15) is 5.75 Å². The minimum absolute atomic E-state index is 0.0535. The molecule has 3 saturated heterocycles. The number of fused-ring (bicyclic) bond motifs is 4. The van der Waals surface area contributed by atoms with E-state index in [0.717, 1.165) is 36.9 Å². The minimum atomic E-state index is -2.51. The van der Waals surface area contributed by atoms with Crippen LogP contribution >= 0.6 is 0 Å². The minimum Gasteiger partial charge on any atom is -0.497 e. The molecule has 0 saturated carbocycles. The van der Waals surface area contributed by atoms with Crippen LogP contribution in [0.15, 0.2) is 43.1 Å². The molecule has 2 bridgehead atoms. The van der Waals surface area contributed by atoms with Crippen LogP contribution in [0, 0.1) is 11.8 Å². The van der Waals surface area contributed by atoms with Crippen molar-refractivity contribution in [1.29, 1.82) is 0 Å². The fourth-order valence-electron chi connectivity index (χ4n) is 4.38. The van der Waals surface area contributed by atoms with E-state index in [4.69, 9.17) is 8.85 Å². The number of rotatable bonds is 4. The van der Waals surface area contributed by atoms with Crippen molar-refractivity contribution in [3.63, 3.8) is 0 Å². The molecule has 2 aromatic rings. The van der Waals surface area contributed by atoms with E-state index >= 15 is 0 Å². The predicted octanol–water partition coefficient (Wildman–Crippen LogP) is 3.17. The van der Waals surface area contributed by atoms with E-state index in [9.17, 15) is 5.11 Å². The van der Waals surface area contributed by atoms with Crippen LogP contribution in [-0.4, -0.2) is 41.2 Å². The highest BCUT2D eigenvalue weighted by Crippen LogP contribution is 2.42. The van der Waals surface area contributed by atoms with Gasteiger partial charge in [-0.2, -0.15) is 0 Å². The van der Waals surface area contributed by atoms with Crippen molar-refractivity contribution >= 4 is 10.9 Å². The lowest BCUT2D eigenvalue weighted by Crippen LogP contribution is -2.54. The number of nitrogens with zero attached hydrogens (tertiary/aromatic N) is 2. The normalized spacial score (nSPS) is 32.6. The van der Waals surface area contributed by atoms with Gasteiger partial charge in [-0.25, -0.2) is 0 Å². The van der Waals surface area contributed by atoms with Crippen LogP contribution in [0.5, 0.6) is 5.75 Å². The maximum atomic E-state index is 11.2. The number of piperidine rings is 3. The molecule has 3 aliphatic rings. The second kappa shape index (κ2) is 6.19. The van der Waals surface area contributed by atoms with Crippen LogP contribution in [0.4, 0.5) is 0 Å². The summed E-state index contributed by atoms with van der Waals surface area (Å²) in [4.78, 5) is 6.70. The molecule has 4 nitrogen and oxygen atoms in total. The summed E-state index contributed by atoms with van der Waals surface area (Å²) in [6.45, 7) is 5.88. The van der Waals surface area contributed by atoms with Crippen molar-refractivity contribution < 1.29 is 14.0 Å². The van der Waals surface area contributed by atoms with E-state index in [1.165, 1.54) is 0 Å². The third kappa shape index (κ3) is 2.50. The third-order valence-electron chi connectivity index (χ3n) is 5.70. The lowest BCUT2D eigenvalue weighted by atomic mass is 9.73. The first-order valence-electron chi connectivity index (χ1n) is 9.98. The molecule has 4 heteroatoms. The standard InChI is InChI=1S/C20H24N2O2/c1-3-13-12-22-9-7-14(13)10-19(22)20(23)16-6-8-21-18-5-4-15(24-2)11-17(16)18/h3-6,8,11,13-14,19-20,23H,1,7,9-10,12H2,2H3/t13-,14?,19+,20-/m0/s1/i2D3.